The third-order valence-electron chi connectivity index (χ3n) is 2.61. The number of nitriles is 1. The van der Waals surface area contributed by atoms with E-state index in [1.165, 1.54) is 6.20 Å². The number of allylic oxidation sites excluding steroid dienone is 1. The highest BCUT2D eigenvalue weighted by Crippen LogP contribution is 2.13. The average molecular weight is 406 g/mol. The van der Waals surface area contributed by atoms with E-state index < -0.39 is 0 Å². The molecule has 2 rings (SSSR count). The number of halogens is 1. The van der Waals surface area contributed by atoms with Gasteiger partial charge >= 0.3 is 0 Å². The van der Waals surface area contributed by atoms with Crippen LogP contribution >= 0.6 is 22.6 Å². The standard InChI is InChI=1S/C16H11IN2O.CH4O/c17-14-6-4-5-12(9-14)16(20)13(10-18)11-19-15-7-2-1-3-8-15;1-2/h1-9,11,19H;2H,1H3. The average Bonchev–Trinajstić information content (AvgIpc) is 2.58. The number of aliphatic hydroxyl groups is 1. The van der Waals surface area contributed by atoms with Crippen molar-refractivity contribution in [3.05, 3.63) is 75.5 Å². The van der Waals surface area contributed by atoms with E-state index in [-0.39, 0.29) is 11.4 Å². The number of hydrogen-bond donors (Lipinski definition) is 2. The maximum Gasteiger partial charge on any atom is 0.205 e. The fourth-order valence-electron chi connectivity index (χ4n) is 1.62. The molecule has 0 atom stereocenters. The van der Waals surface area contributed by atoms with Gasteiger partial charge in [-0.1, -0.05) is 30.3 Å². The van der Waals surface area contributed by atoms with Crippen molar-refractivity contribution in [2.24, 2.45) is 0 Å². The van der Waals surface area contributed by atoms with Crippen LogP contribution in [0.1, 0.15) is 10.4 Å². The molecular formula is C17H15IN2O2. The number of ketones is 1. The summed E-state index contributed by atoms with van der Waals surface area (Å²) in [6.07, 6.45) is 1.44. The first-order valence-electron chi connectivity index (χ1n) is 6.37. The van der Waals surface area contributed by atoms with E-state index in [1.54, 1.807) is 18.2 Å². The summed E-state index contributed by atoms with van der Waals surface area (Å²) in [5, 5.41) is 19.1. The quantitative estimate of drug-likeness (QED) is 0.352. The zero-order valence-electron chi connectivity index (χ0n) is 12.0. The molecule has 4 nitrogen and oxygen atoms in total. The van der Waals surface area contributed by atoms with Crippen LogP contribution in [-0.2, 0) is 0 Å². The molecule has 2 aromatic carbocycles. The number of para-hydroxylation sites is 1. The molecule has 2 N–H and O–H groups in total. The van der Waals surface area contributed by atoms with E-state index in [0.29, 0.717) is 5.56 Å². The summed E-state index contributed by atoms with van der Waals surface area (Å²) >= 11 is 2.13. The van der Waals surface area contributed by atoms with Crippen molar-refractivity contribution in [2.45, 2.75) is 0 Å². The van der Waals surface area contributed by atoms with Crippen LogP contribution in [0.5, 0.6) is 0 Å². The number of nitrogens with zero attached hydrogens (tertiary/aromatic N) is 1. The Labute approximate surface area is 143 Å². The summed E-state index contributed by atoms with van der Waals surface area (Å²) in [6.45, 7) is 0. The van der Waals surface area contributed by atoms with Crippen LogP contribution in [0.2, 0.25) is 0 Å². The highest BCUT2D eigenvalue weighted by molar-refractivity contribution is 14.1. The fourth-order valence-corrected chi connectivity index (χ4v) is 2.17. The third-order valence-corrected chi connectivity index (χ3v) is 3.28. The van der Waals surface area contributed by atoms with E-state index in [9.17, 15) is 4.79 Å². The lowest BCUT2D eigenvalue weighted by molar-refractivity contribution is 0.103. The minimum Gasteiger partial charge on any atom is -0.400 e. The lowest BCUT2D eigenvalue weighted by atomic mass is 10.1. The van der Waals surface area contributed by atoms with Gasteiger partial charge in [0.15, 0.2) is 0 Å². The maximum atomic E-state index is 12.2. The fraction of sp³-hybridized carbons (Fsp3) is 0.0588. The van der Waals surface area contributed by atoms with E-state index in [0.717, 1.165) is 16.4 Å². The molecule has 0 fully saturated rings. The van der Waals surface area contributed by atoms with Crippen molar-refractivity contribution >= 4 is 34.1 Å². The van der Waals surface area contributed by atoms with Crippen LogP contribution in [-0.4, -0.2) is 18.0 Å². The number of carbonyl (C=O) groups is 1. The molecular weight excluding hydrogens is 391 g/mol. The smallest absolute Gasteiger partial charge is 0.205 e. The normalized spacial score (nSPS) is 10.0. The van der Waals surface area contributed by atoms with Crippen LogP contribution in [0.15, 0.2) is 66.4 Å². The van der Waals surface area contributed by atoms with Crippen molar-refractivity contribution in [1.29, 1.82) is 5.26 Å². The van der Waals surface area contributed by atoms with Gasteiger partial charge < -0.3 is 10.4 Å². The molecule has 0 spiro atoms. The Hall–Kier alpha value is -2.17. The number of hydrogen-bond acceptors (Lipinski definition) is 4. The Balaban J connectivity index is 0.00000116. The van der Waals surface area contributed by atoms with Crippen molar-refractivity contribution < 1.29 is 9.90 Å². The number of carbonyl (C=O) groups excluding carboxylic acids is 1. The predicted octanol–water partition coefficient (Wildman–Crippen LogP) is 3.60. The van der Waals surface area contributed by atoms with Gasteiger partial charge in [0.2, 0.25) is 5.78 Å². The van der Waals surface area contributed by atoms with Crippen molar-refractivity contribution in [1.82, 2.24) is 0 Å². The maximum absolute atomic E-state index is 12.2. The van der Waals surface area contributed by atoms with Crippen LogP contribution in [0.25, 0.3) is 0 Å². The molecule has 0 bridgehead atoms. The van der Waals surface area contributed by atoms with Crippen LogP contribution in [0.4, 0.5) is 5.69 Å². The van der Waals surface area contributed by atoms with Crippen molar-refractivity contribution in [3.63, 3.8) is 0 Å². The first kappa shape index (κ1) is 17.9. The highest BCUT2D eigenvalue weighted by atomic mass is 127. The van der Waals surface area contributed by atoms with Gasteiger partial charge in [0, 0.05) is 28.1 Å². The second kappa shape index (κ2) is 9.71. The minimum atomic E-state index is -0.283. The van der Waals surface area contributed by atoms with E-state index in [2.05, 4.69) is 27.9 Å². The van der Waals surface area contributed by atoms with Gasteiger partial charge in [-0.05, 0) is 46.9 Å². The number of aliphatic hydroxyl groups excluding tert-OH is 1. The molecule has 5 heteroatoms. The van der Waals surface area contributed by atoms with E-state index >= 15 is 0 Å². The Morgan fingerprint density at radius 1 is 1.18 bits per heavy atom. The monoisotopic (exact) mass is 406 g/mol. The number of anilines is 1. The summed E-state index contributed by atoms with van der Waals surface area (Å²) in [5.74, 6) is -0.283. The zero-order chi connectivity index (χ0) is 16.4. The predicted molar refractivity (Wildman–Crippen MR) is 95.4 cm³/mol. The molecule has 0 saturated heterocycles. The van der Waals surface area contributed by atoms with Gasteiger partial charge in [0.1, 0.15) is 11.6 Å². The van der Waals surface area contributed by atoms with Gasteiger partial charge in [-0.2, -0.15) is 5.26 Å². The second-order valence-corrected chi connectivity index (χ2v) is 5.27. The molecule has 0 heterocycles. The van der Waals surface area contributed by atoms with Gasteiger partial charge in [0.25, 0.3) is 0 Å². The molecule has 22 heavy (non-hydrogen) atoms. The SMILES string of the molecule is CO.N#CC(=CNc1ccccc1)C(=O)c1cccc(I)c1. The van der Waals surface area contributed by atoms with Gasteiger partial charge in [-0.3, -0.25) is 4.79 Å². The first-order valence-corrected chi connectivity index (χ1v) is 7.45. The molecule has 0 amide bonds. The topological polar surface area (TPSA) is 73.1 Å². The molecule has 0 radical (unpaired) electrons. The van der Waals surface area contributed by atoms with Crippen molar-refractivity contribution in [3.8, 4) is 6.07 Å². The molecule has 0 aromatic heterocycles. The minimum absolute atomic E-state index is 0.0795. The number of benzene rings is 2. The summed E-state index contributed by atoms with van der Waals surface area (Å²) in [5.41, 5.74) is 1.42. The van der Waals surface area contributed by atoms with Crippen LogP contribution < -0.4 is 5.32 Å². The third kappa shape index (κ3) is 5.31. The number of rotatable bonds is 4. The van der Waals surface area contributed by atoms with Gasteiger partial charge in [0.05, 0.1) is 0 Å². The Kier molecular flexibility index (Phi) is 7.89. The Morgan fingerprint density at radius 3 is 2.45 bits per heavy atom. The van der Waals surface area contributed by atoms with Gasteiger partial charge in [-0.25, -0.2) is 0 Å². The van der Waals surface area contributed by atoms with E-state index in [4.69, 9.17) is 10.4 Å². The summed E-state index contributed by atoms with van der Waals surface area (Å²) < 4.78 is 0.960. The molecule has 0 aliphatic heterocycles. The lowest BCUT2D eigenvalue weighted by Crippen LogP contribution is -2.04. The van der Waals surface area contributed by atoms with Crippen LogP contribution in [0, 0.1) is 14.9 Å². The molecule has 0 aliphatic carbocycles. The summed E-state index contributed by atoms with van der Waals surface area (Å²) in [4.78, 5) is 12.2. The molecule has 0 saturated carbocycles. The largest absolute Gasteiger partial charge is 0.400 e. The summed E-state index contributed by atoms with van der Waals surface area (Å²) in [6, 6.07) is 18.5. The van der Waals surface area contributed by atoms with Crippen molar-refractivity contribution in [2.75, 3.05) is 12.4 Å². The number of nitrogens with one attached hydrogen (secondary N) is 1. The number of Topliss-reactive ketones (excluding diaryl/α,β-unsaturated/α-hetero) is 1. The zero-order valence-corrected chi connectivity index (χ0v) is 14.1. The Morgan fingerprint density at radius 2 is 1.86 bits per heavy atom. The second-order valence-electron chi connectivity index (χ2n) is 4.02. The first-order chi connectivity index (χ1) is 10.7. The molecule has 0 aliphatic rings. The van der Waals surface area contributed by atoms with E-state index in [1.807, 2.05) is 42.5 Å². The lowest BCUT2D eigenvalue weighted by Gasteiger charge is -2.02. The highest BCUT2D eigenvalue weighted by Gasteiger charge is 2.11. The summed E-state index contributed by atoms with van der Waals surface area (Å²) in [7, 11) is 1.00. The molecule has 2 aromatic rings. The van der Waals surface area contributed by atoms with Crippen LogP contribution in [0.3, 0.4) is 0 Å². The van der Waals surface area contributed by atoms with Gasteiger partial charge in [-0.15, -0.1) is 0 Å². The molecule has 112 valence electrons. The Bertz CT molecular complexity index is 691. The molecule has 0 unspecified atom stereocenters.